The molecule has 3 rings (SSSR count). The number of likely N-dealkylation sites (N-methyl/N-ethyl adjacent to an activating group) is 1. The molecular weight excluding hydrogens is 718 g/mol. The minimum Gasteiger partial charge on any atom is -0.466 e. The maximum absolute atomic E-state index is 14.0. The fourth-order valence-electron chi connectivity index (χ4n) is 5.40. The minimum absolute atomic E-state index is 0.00480. The lowest BCUT2D eigenvalue weighted by atomic mass is 10.1. The molecule has 0 radical (unpaired) electrons. The van der Waals surface area contributed by atoms with Gasteiger partial charge in [0.2, 0.25) is 5.91 Å². The number of unbranched alkanes of at least 4 members (excludes halogenated alkanes) is 6. The van der Waals surface area contributed by atoms with Crippen LogP contribution in [-0.2, 0) is 23.8 Å². The van der Waals surface area contributed by atoms with Crippen molar-refractivity contribution in [2.75, 3.05) is 60.4 Å². The van der Waals surface area contributed by atoms with Gasteiger partial charge in [-0.05, 0) is 74.4 Å². The quantitative estimate of drug-likeness (QED) is 0.0305. The summed E-state index contributed by atoms with van der Waals surface area (Å²) >= 11 is 0. The van der Waals surface area contributed by atoms with E-state index in [1.165, 1.54) is 28.1 Å². The monoisotopic (exact) mass is 773 g/mol. The average molecular weight is 774 g/mol. The summed E-state index contributed by atoms with van der Waals surface area (Å²) in [5, 5.41) is 5.77. The number of nitrogens with one attached hydrogen (secondary N) is 2. The molecule has 0 saturated heterocycles. The van der Waals surface area contributed by atoms with Crippen LogP contribution in [0.2, 0.25) is 0 Å². The molecule has 2 aromatic carbocycles. The highest BCUT2D eigenvalue weighted by atomic mass is 16.6. The molecular formula is C41H55N7O8. The number of amides is 4. The van der Waals surface area contributed by atoms with Gasteiger partial charge in [-0.3, -0.25) is 24.6 Å². The third-order valence-corrected chi connectivity index (χ3v) is 8.52. The van der Waals surface area contributed by atoms with Gasteiger partial charge >= 0.3 is 18.2 Å². The normalized spacial score (nSPS) is 11.0. The second-order valence-corrected chi connectivity index (χ2v) is 12.8. The van der Waals surface area contributed by atoms with Gasteiger partial charge in [-0.25, -0.2) is 14.6 Å². The standard InChI is InChI=1S/C41H55N7O8/c1-5-8-10-14-26-55-40(52)45-33-28-31(39(51)48(25-23-37(50)54-7-3)35-16-12-13-24-43-35)19-22-34(33)47(4)36(49)29-44-32-20-17-30(18-21-32)38(42)46-41(53)56-27-15-11-9-6-2/h12-13,16-22,24,28,44H,5-11,14-15,23,25-27,29H2,1-4H3,(H,45,52)(H2,42,46,53). The summed E-state index contributed by atoms with van der Waals surface area (Å²) in [6.45, 7) is 6.45. The SMILES string of the molecule is CCCCCCOC(=O)/N=C(\N)c1ccc(NCC(=O)N(C)c2ccc(C(=O)N(CCC(=O)OCC)c3ccccn3)cc2NC(=O)OCCCCCC)cc1. The molecule has 0 aliphatic rings. The molecule has 0 aliphatic heterocycles. The number of rotatable bonds is 22. The van der Waals surface area contributed by atoms with Crippen LogP contribution in [0.3, 0.4) is 0 Å². The number of hydrogen-bond donors (Lipinski definition) is 3. The van der Waals surface area contributed by atoms with Crippen LogP contribution in [0.15, 0.2) is 71.9 Å². The Morgan fingerprint density at radius 1 is 0.804 bits per heavy atom. The van der Waals surface area contributed by atoms with Crippen LogP contribution >= 0.6 is 0 Å². The molecule has 1 heterocycles. The number of ether oxygens (including phenoxy) is 3. The van der Waals surface area contributed by atoms with Crippen molar-refractivity contribution in [1.29, 1.82) is 0 Å². The van der Waals surface area contributed by atoms with Crippen molar-refractivity contribution in [2.45, 2.75) is 78.6 Å². The van der Waals surface area contributed by atoms with Crippen LogP contribution in [0.5, 0.6) is 0 Å². The summed E-state index contributed by atoms with van der Waals surface area (Å²) in [7, 11) is 1.55. The topological polar surface area (TPSA) is 195 Å². The zero-order valence-electron chi connectivity index (χ0n) is 32.9. The van der Waals surface area contributed by atoms with Crippen LogP contribution in [-0.4, -0.2) is 80.7 Å². The molecule has 0 unspecified atom stereocenters. The Balaban J connectivity index is 1.76. The van der Waals surface area contributed by atoms with Crippen LogP contribution in [0.25, 0.3) is 0 Å². The van der Waals surface area contributed by atoms with Crippen molar-refractivity contribution in [2.24, 2.45) is 10.7 Å². The molecule has 302 valence electrons. The molecule has 56 heavy (non-hydrogen) atoms. The molecule has 0 spiro atoms. The number of amidine groups is 1. The number of aromatic nitrogens is 1. The number of hydrogen-bond acceptors (Lipinski definition) is 10. The van der Waals surface area contributed by atoms with E-state index in [-0.39, 0.29) is 62.3 Å². The smallest absolute Gasteiger partial charge is 0.435 e. The zero-order valence-corrected chi connectivity index (χ0v) is 32.9. The fourth-order valence-corrected chi connectivity index (χ4v) is 5.40. The minimum atomic E-state index is -0.749. The Labute approximate surface area is 329 Å². The summed E-state index contributed by atoms with van der Waals surface area (Å²) in [6.07, 6.45) is 7.54. The highest BCUT2D eigenvalue weighted by Crippen LogP contribution is 2.29. The van der Waals surface area contributed by atoms with Gasteiger partial charge in [-0.15, -0.1) is 0 Å². The lowest BCUT2D eigenvalue weighted by Gasteiger charge is -2.24. The number of nitrogens with two attached hydrogens (primary N) is 1. The zero-order chi connectivity index (χ0) is 40.7. The van der Waals surface area contributed by atoms with Gasteiger partial charge in [0.1, 0.15) is 11.7 Å². The summed E-state index contributed by atoms with van der Waals surface area (Å²) in [5.74, 6) is -0.983. The maximum atomic E-state index is 14.0. The Morgan fingerprint density at radius 2 is 1.48 bits per heavy atom. The Kier molecular flexibility index (Phi) is 19.4. The third kappa shape index (κ3) is 15.0. The molecule has 15 nitrogen and oxygen atoms in total. The first-order valence-electron chi connectivity index (χ1n) is 19.2. The van der Waals surface area contributed by atoms with E-state index in [2.05, 4.69) is 34.5 Å². The van der Waals surface area contributed by atoms with E-state index in [0.717, 1.165) is 44.9 Å². The number of benzene rings is 2. The van der Waals surface area contributed by atoms with Crippen molar-refractivity contribution in [1.82, 2.24) is 4.98 Å². The number of esters is 1. The van der Waals surface area contributed by atoms with E-state index < -0.39 is 24.1 Å². The van der Waals surface area contributed by atoms with Crippen LogP contribution in [0.1, 0.15) is 94.5 Å². The van der Waals surface area contributed by atoms with Crippen molar-refractivity contribution >= 4 is 58.7 Å². The third-order valence-electron chi connectivity index (χ3n) is 8.52. The van der Waals surface area contributed by atoms with Crippen molar-refractivity contribution in [3.63, 3.8) is 0 Å². The molecule has 0 atom stereocenters. The van der Waals surface area contributed by atoms with Gasteiger partial charge in [0, 0.05) is 36.6 Å². The van der Waals surface area contributed by atoms with E-state index in [9.17, 15) is 24.0 Å². The number of carbonyl (C=O) groups is 5. The Morgan fingerprint density at radius 3 is 2.12 bits per heavy atom. The van der Waals surface area contributed by atoms with Crippen LogP contribution in [0, 0.1) is 0 Å². The van der Waals surface area contributed by atoms with Gasteiger partial charge in [0.05, 0.1) is 44.2 Å². The first kappa shape index (κ1) is 44.4. The van der Waals surface area contributed by atoms with E-state index >= 15 is 0 Å². The Hall–Kier alpha value is -5.99. The molecule has 1 aromatic heterocycles. The lowest BCUT2D eigenvalue weighted by Crippen LogP contribution is -2.35. The van der Waals surface area contributed by atoms with Crippen molar-refractivity contribution in [3.8, 4) is 0 Å². The predicted octanol–water partition coefficient (Wildman–Crippen LogP) is 7.31. The number of aliphatic imine (C=N–C) groups is 1. The first-order valence-corrected chi connectivity index (χ1v) is 19.2. The number of nitrogens with zero attached hydrogens (tertiary/aromatic N) is 4. The highest BCUT2D eigenvalue weighted by Gasteiger charge is 2.24. The second kappa shape index (κ2) is 24.4. The average Bonchev–Trinajstić information content (AvgIpc) is 3.20. The van der Waals surface area contributed by atoms with E-state index in [4.69, 9.17) is 19.9 Å². The fraction of sp³-hybridized carbons (Fsp3) is 0.439. The van der Waals surface area contributed by atoms with Gasteiger partial charge in [-0.1, -0.05) is 58.4 Å². The van der Waals surface area contributed by atoms with Crippen LogP contribution in [0.4, 0.5) is 32.5 Å². The molecule has 0 saturated carbocycles. The molecule has 4 N–H and O–H groups in total. The summed E-state index contributed by atoms with van der Waals surface area (Å²) in [5.41, 5.74) is 7.77. The van der Waals surface area contributed by atoms with E-state index in [1.807, 2.05) is 0 Å². The molecule has 15 heteroatoms. The maximum Gasteiger partial charge on any atom is 0.435 e. The summed E-state index contributed by atoms with van der Waals surface area (Å²) in [4.78, 5) is 75.5. The molecule has 0 fully saturated rings. The molecule has 4 amide bonds. The summed E-state index contributed by atoms with van der Waals surface area (Å²) < 4.78 is 15.6. The second-order valence-electron chi connectivity index (χ2n) is 12.8. The summed E-state index contributed by atoms with van der Waals surface area (Å²) in [6, 6.07) is 16.3. The lowest BCUT2D eigenvalue weighted by molar-refractivity contribution is -0.142. The molecule has 0 aliphatic carbocycles. The van der Waals surface area contributed by atoms with Crippen molar-refractivity contribution in [3.05, 3.63) is 78.0 Å². The van der Waals surface area contributed by atoms with E-state index in [0.29, 0.717) is 29.2 Å². The predicted molar refractivity (Wildman–Crippen MR) is 217 cm³/mol. The Bertz CT molecular complexity index is 1750. The first-order chi connectivity index (χ1) is 27.1. The molecule has 3 aromatic rings. The number of anilines is 4. The molecule has 0 bridgehead atoms. The van der Waals surface area contributed by atoms with Crippen molar-refractivity contribution < 1.29 is 38.2 Å². The van der Waals surface area contributed by atoms with Gasteiger partial charge in [0.25, 0.3) is 5.91 Å². The highest BCUT2D eigenvalue weighted by molar-refractivity contribution is 6.09. The van der Waals surface area contributed by atoms with E-state index in [1.54, 1.807) is 62.5 Å². The van der Waals surface area contributed by atoms with Gasteiger partial charge in [-0.2, -0.15) is 4.99 Å². The van der Waals surface area contributed by atoms with Gasteiger partial charge in [0.15, 0.2) is 0 Å². The number of pyridine rings is 1. The largest absolute Gasteiger partial charge is 0.466 e. The van der Waals surface area contributed by atoms with Gasteiger partial charge < -0.3 is 30.2 Å². The van der Waals surface area contributed by atoms with Crippen LogP contribution < -0.4 is 26.2 Å². The number of carbonyl (C=O) groups excluding carboxylic acids is 5.